The molecule has 0 radical (unpaired) electrons. The Balaban J connectivity index is 0.691. The monoisotopic (exact) mass is 1150 g/mol. The predicted molar refractivity (Wildman–Crippen MR) is 318 cm³/mol. The first-order valence-electron chi connectivity index (χ1n) is 30.6. The van der Waals surface area contributed by atoms with E-state index in [9.17, 15) is 19.2 Å². The van der Waals surface area contributed by atoms with Crippen LogP contribution >= 0.6 is 0 Å². The maximum absolute atomic E-state index is 17.8. The second kappa shape index (κ2) is 23.3. The number of anilines is 2. The van der Waals surface area contributed by atoms with Crippen molar-refractivity contribution < 1.29 is 46.9 Å². The number of hydrogen-bond donors (Lipinski definition) is 1. The number of benzene rings is 4. The zero-order valence-corrected chi connectivity index (χ0v) is 49.7. The van der Waals surface area contributed by atoms with Crippen molar-refractivity contribution in [2.45, 2.75) is 129 Å². The summed E-state index contributed by atoms with van der Waals surface area (Å²) in [6.45, 7) is 18.6. The number of piperidine rings is 1. The zero-order valence-electron chi connectivity index (χ0n) is 49.7. The third-order valence-corrected chi connectivity index (χ3v) is 19.4. The number of carbonyl (C=O) groups excluding carboxylic acids is 4. The normalized spacial score (nSPS) is 22.0. The van der Waals surface area contributed by atoms with E-state index in [0.717, 1.165) is 96.4 Å². The number of halogens is 2. The highest BCUT2D eigenvalue weighted by Gasteiger charge is 2.48. The summed E-state index contributed by atoms with van der Waals surface area (Å²) >= 11 is 0. The molecule has 6 heterocycles. The van der Waals surface area contributed by atoms with Gasteiger partial charge in [0.15, 0.2) is 12.6 Å². The highest BCUT2D eigenvalue weighted by atomic mass is 19.1. The number of rotatable bonds is 15. The lowest BCUT2D eigenvalue weighted by Crippen LogP contribution is -2.57. The molecule has 448 valence electrons. The number of carbonyl (C=O) groups is 4. The van der Waals surface area contributed by atoms with Gasteiger partial charge in [-0.15, -0.1) is 0 Å². The molecule has 7 fully saturated rings. The van der Waals surface area contributed by atoms with Crippen LogP contribution in [0.15, 0.2) is 54.6 Å². The molecule has 1 N–H and O–H groups in total. The minimum atomic E-state index is -0.635. The topological polar surface area (TPSA) is 162 Å². The number of aryl methyl sites for hydroxylation is 2. The van der Waals surface area contributed by atoms with Gasteiger partial charge in [0.1, 0.15) is 28.5 Å². The third kappa shape index (κ3) is 11.8. The summed E-state index contributed by atoms with van der Waals surface area (Å²) in [7, 11) is 1.53. The third-order valence-electron chi connectivity index (χ3n) is 19.4. The van der Waals surface area contributed by atoms with Gasteiger partial charge in [0, 0.05) is 113 Å². The van der Waals surface area contributed by atoms with Crippen molar-refractivity contribution in [1.29, 1.82) is 0 Å². The average molecular weight is 1150 g/mol. The largest absolute Gasteiger partial charge is 0.468 e. The molecule has 12 rings (SSSR count). The van der Waals surface area contributed by atoms with Crippen molar-refractivity contribution in [3.05, 3.63) is 82.9 Å². The fraction of sp³-hybridized carbons (Fsp3) is 0.569. The van der Waals surface area contributed by atoms with Gasteiger partial charge in [0.05, 0.1) is 18.7 Å². The number of amides is 5. The molecule has 4 aromatic carbocycles. The van der Waals surface area contributed by atoms with Crippen LogP contribution < -0.4 is 24.6 Å². The Morgan fingerprint density at radius 2 is 1.52 bits per heavy atom. The van der Waals surface area contributed by atoms with Crippen molar-refractivity contribution in [2.75, 3.05) is 102 Å². The summed E-state index contributed by atoms with van der Waals surface area (Å²) in [5.41, 5.74) is 3.02. The smallest absolute Gasteiger partial charge is 0.410 e. The number of nitrogens with one attached hydrogen (secondary N) is 1. The van der Waals surface area contributed by atoms with Gasteiger partial charge in [0.2, 0.25) is 5.91 Å². The molecule has 5 saturated heterocycles. The number of hydrogen-bond acceptors (Lipinski definition) is 13. The molecule has 1 spiro atoms. The lowest BCUT2D eigenvalue weighted by molar-refractivity contribution is -0.120. The molecule has 5 aliphatic heterocycles. The number of ether oxygens (including phenoxy) is 4. The summed E-state index contributed by atoms with van der Waals surface area (Å²) in [6.07, 6.45) is 10.8. The molecule has 1 aromatic heterocycles. The zero-order chi connectivity index (χ0) is 58.7. The van der Waals surface area contributed by atoms with Crippen LogP contribution in [0.3, 0.4) is 0 Å². The van der Waals surface area contributed by atoms with Gasteiger partial charge in [-0.1, -0.05) is 25.1 Å². The fourth-order valence-corrected chi connectivity index (χ4v) is 14.5. The van der Waals surface area contributed by atoms with Gasteiger partial charge < -0.3 is 38.5 Å². The molecule has 17 nitrogen and oxygen atoms in total. The van der Waals surface area contributed by atoms with Crippen molar-refractivity contribution in [3.63, 3.8) is 0 Å². The molecule has 19 heteroatoms. The second-order valence-electron chi connectivity index (χ2n) is 26.2. The van der Waals surface area contributed by atoms with Crippen LogP contribution in [0.1, 0.15) is 120 Å². The van der Waals surface area contributed by atoms with Crippen LogP contribution in [0.4, 0.5) is 29.9 Å². The molecule has 5 aromatic rings. The summed E-state index contributed by atoms with van der Waals surface area (Å²) in [5.74, 6) is 0.452. The van der Waals surface area contributed by atoms with Crippen LogP contribution in [-0.2, 0) is 20.7 Å². The highest BCUT2D eigenvalue weighted by molar-refractivity contribution is 6.07. The highest BCUT2D eigenvalue weighted by Crippen LogP contribution is 2.49. The first-order chi connectivity index (χ1) is 40.4. The van der Waals surface area contributed by atoms with Gasteiger partial charge >= 0.3 is 18.1 Å². The molecule has 2 atom stereocenters. The predicted octanol–water partition coefficient (Wildman–Crippen LogP) is 10.5. The Bertz CT molecular complexity index is 3330. The van der Waals surface area contributed by atoms with E-state index in [0.29, 0.717) is 88.7 Å². The fourth-order valence-electron chi connectivity index (χ4n) is 14.5. The molecule has 5 amide bonds. The Morgan fingerprint density at radius 1 is 0.798 bits per heavy atom. The molecule has 2 unspecified atom stereocenters. The standard InChI is InChI=1S/C65H81F2N9O8/c1-7-48-52(66)15-10-43-32-47(83-40-81-6)34-51(55(43)48)49-13-14-50-57(56(49)67)69-60(70-58(50)74-36-45-11-12-46(37-74)76(45)62(80)84-63(3,4)5)82-39-65(21-22-65)38-72-30-28-71(29-31-72)35-42-16-19-64(20-17-42)23-26-73(27-24-64)59(78)44-9-8-41(2)53(33-44)75-25-18-54(77)68-61(75)79/h8-10,13-15,32-34,42,45-46H,7,11-12,16-31,35-40H2,1-6H3,(H,68,77,79). The lowest BCUT2D eigenvalue weighted by atomic mass is 9.65. The van der Waals surface area contributed by atoms with Crippen LogP contribution in [-0.4, -0.2) is 164 Å². The quantitative estimate of drug-likeness (QED) is 0.0987. The summed E-state index contributed by atoms with van der Waals surface area (Å²) in [6, 6.07) is 15.3. The number of piperazine rings is 2. The van der Waals surface area contributed by atoms with Crippen molar-refractivity contribution in [2.24, 2.45) is 16.7 Å². The van der Waals surface area contributed by atoms with Crippen LogP contribution in [0, 0.1) is 35.3 Å². The van der Waals surface area contributed by atoms with E-state index in [1.54, 1.807) is 29.2 Å². The number of nitrogens with zero attached hydrogens (tertiary/aromatic N) is 8. The number of methoxy groups -OCH3 is 1. The number of urea groups is 1. The Kier molecular flexibility index (Phi) is 16.0. The summed E-state index contributed by atoms with van der Waals surface area (Å²) in [5, 5.41) is 4.24. The summed E-state index contributed by atoms with van der Waals surface area (Å²) in [4.78, 5) is 74.6. The maximum atomic E-state index is 17.8. The molecular formula is C65H81F2N9O8. The number of fused-ring (bicyclic) bond motifs is 4. The number of likely N-dealkylation sites (tertiary alicyclic amines) is 1. The first-order valence-corrected chi connectivity index (χ1v) is 30.6. The van der Waals surface area contributed by atoms with Crippen molar-refractivity contribution in [1.82, 2.24) is 34.9 Å². The molecule has 2 bridgehead atoms. The van der Waals surface area contributed by atoms with E-state index in [-0.39, 0.29) is 76.9 Å². The first kappa shape index (κ1) is 57.7. The van der Waals surface area contributed by atoms with E-state index < -0.39 is 17.4 Å². The lowest BCUT2D eigenvalue weighted by Gasteiger charge is -2.47. The van der Waals surface area contributed by atoms with Crippen LogP contribution in [0.5, 0.6) is 11.8 Å². The van der Waals surface area contributed by atoms with Gasteiger partial charge in [0.25, 0.3) is 5.91 Å². The van der Waals surface area contributed by atoms with Crippen molar-refractivity contribution in [3.8, 4) is 22.9 Å². The van der Waals surface area contributed by atoms with E-state index in [2.05, 4.69) is 20.0 Å². The Morgan fingerprint density at radius 3 is 2.20 bits per heavy atom. The Hall–Kier alpha value is -6.70. The van der Waals surface area contributed by atoms with Gasteiger partial charge in [-0.05, 0) is 174 Å². The second-order valence-corrected chi connectivity index (χ2v) is 26.2. The molecule has 2 saturated carbocycles. The average Bonchev–Trinajstić information content (AvgIpc) is 2.30. The SMILES string of the molecule is CCc1c(F)ccc2cc(OCOC)cc(-c3ccc4c(N5CC6CCC(C5)N6C(=O)OC(C)(C)C)nc(OCC5(CN6CCN(CC7CCC8(CC7)CCN(C(=O)c7ccc(C)c(N9CCC(=O)NC9=O)c7)CC8)CC6)CC5)nc4c3F)c12. The van der Waals surface area contributed by atoms with E-state index in [1.807, 2.05) is 68.7 Å². The van der Waals surface area contributed by atoms with E-state index in [4.69, 9.17) is 28.9 Å². The maximum Gasteiger partial charge on any atom is 0.410 e. The molecular weight excluding hydrogens is 1070 g/mol. The van der Waals surface area contributed by atoms with Crippen LogP contribution in [0.2, 0.25) is 0 Å². The number of imide groups is 1. The van der Waals surface area contributed by atoms with Gasteiger partial charge in [-0.25, -0.2) is 18.4 Å². The Labute approximate surface area is 491 Å². The summed E-state index contributed by atoms with van der Waals surface area (Å²) < 4.78 is 57.0. The minimum absolute atomic E-state index is 0.00326. The molecule has 2 aliphatic carbocycles. The number of aromatic nitrogens is 2. The van der Waals surface area contributed by atoms with E-state index in [1.165, 1.54) is 38.9 Å². The molecule has 7 aliphatic rings. The van der Waals surface area contributed by atoms with Crippen molar-refractivity contribution >= 4 is 57.1 Å². The van der Waals surface area contributed by atoms with Crippen LogP contribution in [0.25, 0.3) is 32.8 Å². The van der Waals surface area contributed by atoms with Gasteiger partial charge in [-0.2, -0.15) is 9.97 Å². The van der Waals surface area contributed by atoms with E-state index >= 15 is 8.78 Å². The minimum Gasteiger partial charge on any atom is -0.468 e. The molecule has 84 heavy (non-hydrogen) atoms. The van der Waals surface area contributed by atoms with Gasteiger partial charge in [-0.3, -0.25) is 24.7 Å².